The maximum Gasteiger partial charge on any atom is 0.241 e. The van der Waals surface area contributed by atoms with Gasteiger partial charge in [0.25, 0.3) is 0 Å². The molecule has 1 saturated carbocycles. The second-order valence-corrected chi connectivity index (χ2v) is 7.17. The number of benzene rings is 1. The van der Waals surface area contributed by atoms with E-state index in [-0.39, 0.29) is 18.1 Å². The summed E-state index contributed by atoms with van der Waals surface area (Å²) in [5.74, 6) is -4.75. The van der Waals surface area contributed by atoms with E-state index in [0.717, 1.165) is 6.42 Å². The fraction of sp³-hybridized carbons (Fsp3) is 0.500. The lowest BCUT2D eigenvalue weighted by atomic mass is 9.88. The van der Waals surface area contributed by atoms with Crippen LogP contribution in [-0.4, -0.2) is 26.5 Å². The van der Waals surface area contributed by atoms with E-state index < -0.39 is 32.4 Å². The van der Waals surface area contributed by atoms with Gasteiger partial charge in [0.15, 0.2) is 17.5 Å². The van der Waals surface area contributed by atoms with Crippen LogP contribution in [-0.2, 0) is 10.0 Å². The summed E-state index contributed by atoms with van der Waals surface area (Å²) < 4.78 is 66.1. The molecule has 0 amide bonds. The predicted octanol–water partition coefficient (Wildman–Crippen LogP) is 0.284. The third-order valence-electron chi connectivity index (χ3n) is 3.95. The highest BCUT2D eigenvalue weighted by Crippen LogP contribution is 2.23. The molecule has 0 spiro atoms. The highest BCUT2D eigenvalue weighted by molar-refractivity contribution is 7.89. The molecule has 0 radical (unpaired) electrons. The van der Waals surface area contributed by atoms with Crippen LogP contribution in [0.15, 0.2) is 17.0 Å². The van der Waals surface area contributed by atoms with Gasteiger partial charge in [0, 0.05) is 18.1 Å². The quantitative estimate of drug-likeness (QED) is 0.596. The Morgan fingerprint density at radius 2 is 1.68 bits per heavy atom. The van der Waals surface area contributed by atoms with Crippen LogP contribution in [0.5, 0.6) is 0 Å². The standard InChI is InChI=1S/C12H15F3N4O2S/c13-8-4-7(5-9(14)12(8)15)22(20,21)18-6-1-2-10-11(3-6)17-19-16-10/h4-6,10-11,16-19H,1-3H2. The highest BCUT2D eigenvalue weighted by Gasteiger charge is 2.35. The largest absolute Gasteiger partial charge is 0.241 e. The molecule has 1 heterocycles. The molecule has 2 aliphatic rings. The minimum Gasteiger partial charge on any atom is -0.240 e. The van der Waals surface area contributed by atoms with Crippen LogP contribution in [0.3, 0.4) is 0 Å². The lowest BCUT2D eigenvalue weighted by Gasteiger charge is -2.30. The lowest BCUT2D eigenvalue weighted by Crippen LogP contribution is -2.47. The fourth-order valence-electron chi connectivity index (χ4n) is 2.81. The van der Waals surface area contributed by atoms with Gasteiger partial charge in [0.05, 0.1) is 4.90 Å². The molecule has 1 aliphatic heterocycles. The molecule has 0 bridgehead atoms. The number of hydrazine groups is 2. The third kappa shape index (κ3) is 2.97. The minimum atomic E-state index is -4.12. The fourth-order valence-corrected chi connectivity index (χ4v) is 4.12. The van der Waals surface area contributed by atoms with Gasteiger partial charge in [-0.1, -0.05) is 0 Å². The van der Waals surface area contributed by atoms with Gasteiger partial charge in [0.1, 0.15) is 0 Å². The molecule has 22 heavy (non-hydrogen) atoms. The Morgan fingerprint density at radius 1 is 1.05 bits per heavy atom. The molecule has 0 aromatic heterocycles. The van der Waals surface area contributed by atoms with E-state index in [1.54, 1.807) is 0 Å². The number of halogens is 3. The van der Waals surface area contributed by atoms with Gasteiger partial charge >= 0.3 is 0 Å². The SMILES string of the molecule is O=S(=O)(NC1CCC2NNNC2C1)c1cc(F)c(F)c(F)c1. The first-order valence-electron chi connectivity index (χ1n) is 6.80. The van der Waals surface area contributed by atoms with Crippen LogP contribution < -0.4 is 21.1 Å². The van der Waals surface area contributed by atoms with Crippen molar-refractivity contribution in [2.24, 2.45) is 0 Å². The molecule has 1 aromatic carbocycles. The Labute approximate surface area is 125 Å². The van der Waals surface area contributed by atoms with Crippen molar-refractivity contribution in [1.29, 1.82) is 0 Å². The summed E-state index contributed by atoms with van der Waals surface area (Å²) in [6.45, 7) is 0. The monoisotopic (exact) mass is 336 g/mol. The van der Waals surface area contributed by atoms with Gasteiger partial charge in [-0.2, -0.15) is 5.53 Å². The third-order valence-corrected chi connectivity index (χ3v) is 5.45. The van der Waals surface area contributed by atoms with E-state index in [4.69, 9.17) is 0 Å². The van der Waals surface area contributed by atoms with Crippen molar-refractivity contribution in [2.45, 2.75) is 42.3 Å². The number of rotatable bonds is 3. The van der Waals surface area contributed by atoms with Gasteiger partial charge in [-0.05, 0) is 31.4 Å². The number of nitrogens with one attached hydrogen (secondary N) is 4. The second kappa shape index (κ2) is 5.78. The second-order valence-electron chi connectivity index (χ2n) is 5.46. The van der Waals surface area contributed by atoms with E-state index in [0.29, 0.717) is 25.0 Å². The summed E-state index contributed by atoms with van der Waals surface area (Å²) in [6.07, 6.45) is 1.85. The molecule has 10 heteroatoms. The molecular weight excluding hydrogens is 321 g/mol. The van der Waals surface area contributed by atoms with Crippen LogP contribution in [0.2, 0.25) is 0 Å². The molecule has 6 nitrogen and oxygen atoms in total. The van der Waals surface area contributed by atoms with E-state index >= 15 is 0 Å². The smallest absolute Gasteiger partial charge is 0.240 e. The molecule has 2 fully saturated rings. The maximum atomic E-state index is 13.2. The molecule has 4 N–H and O–H groups in total. The van der Waals surface area contributed by atoms with Crippen LogP contribution >= 0.6 is 0 Å². The number of hydrogen-bond acceptors (Lipinski definition) is 5. The zero-order valence-electron chi connectivity index (χ0n) is 11.4. The molecule has 1 aliphatic carbocycles. The van der Waals surface area contributed by atoms with Crippen molar-refractivity contribution >= 4 is 10.0 Å². The molecule has 3 rings (SSSR count). The molecular formula is C12H15F3N4O2S. The van der Waals surface area contributed by atoms with Gasteiger partial charge < -0.3 is 0 Å². The summed E-state index contributed by atoms with van der Waals surface area (Å²) in [5.41, 5.74) is 8.77. The zero-order valence-corrected chi connectivity index (χ0v) is 12.2. The first kappa shape index (κ1) is 15.7. The average molecular weight is 336 g/mol. The summed E-state index contributed by atoms with van der Waals surface area (Å²) >= 11 is 0. The first-order valence-corrected chi connectivity index (χ1v) is 8.28. The van der Waals surface area contributed by atoms with Gasteiger partial charge in [-0.25, -0.2) is 37.2 Å². The average Bonchev–Trinajstić information content (AvgIpc) is 2.91. The van der Waals surface area contributed by atoms with Crippen molar-refractivity contribution in [3.63, 3.8) is 0 Å². The van der Waals surface area contributed by atoms with Crippen molar-refractivity contribution < 1.29 is 21.6 Å². The molecule has 3 unspecified atom stereocenters. The van der Waals surface area contributed by atoms with Crippen LogP contribution in [0.25, 0.3) is 0 Å². The Kier molecular flexibility index (Phi) is 4.12. The number of fused-ring (bicyclic) bond motifs is 1. The van der Waals surface area contributed by atoms with E-state index in [1.807, 2.05) is 0 Å². The van der Waals surface area contributed by atoms with Gasteiger partial charge in [-0.15, -0.1) is 0 Å². The topological polar surface area (TPSA) is 82.3 Å². The summed E-state index contributed by atoms with van der Waals surface area (Å²) in [6, 6.07) is 0.855. The van der Waals surface area contributed by atoms with Crippen LogP contribution in [0.1, 0.15) is 19.3 Å². The van der Waals surface area contributed by atoms with Crippen molar-refractivity contribution in [1.82, 2.24) is 21.1 Å². The maximum absolute atomic E-state index is 13.2. The Balaban J connectivity index is 1.76. The first-order chi connectivity index (χ1) is 10.4. The lowest BCUT2D eigenvalue weighted by molar-refractivity contribution is 0.323. The van der Waals surface area contributed by atoms with E-state index in [9.17, 15) is 21.6 Å². The molecule has 1 saturated heterocycles. The van der Waals surface area contributed by atoms with Crippen molar-refractivity contribution in [3.05, 3.63) is 29.6 Å². The molecule has 3 atom stereocenters. The summed E-state index contributed by atoms with van der Waals surface area (Å²) in [4.78, 5) is -0.623. The van der Waals surface area contributed by atoms with Crippen LogP contribution in [0.4, 0.5) is 13.2 Å². The summed E-state index contributed by atoms with van der Waals surface area (Å²) in [5, 5.41) is 0. The normalized spacial score (nSPS) is 28.6. The Bertz CT molecular complexity index is 662. The Hall–Kier alpha value is -1.20. The zero-order chi connectivity index (χ0) is 15.9. The highest BCUT2D eigenvalue weighted by atomic mass is 32.2. The van der Waals surface area contributed by atoms with Crippen molar-refractivity contribution in [2.75, 3.05) is 0 Å². The van der Waals surface area contributed by atoms with Gasteiger partial charge in [0.2, 0.25) is 10.0 Å². The number of sulfonamides is 1. The number of hydrogen-bond donors (Lipinski definition) is 4. The summed E-state index contributed by atoms with van der Waals surface area (Å²) in [7, 11) is -4.12. The van der Waals surface area contributed by atoms with E-state index in [2.05, 4.69) is 21.1 Å². The molecule has 122 valence electrons. The Morgan fingerprint density at radius 3 is 2.36 bits per heavy atom. The predicted molar refractivity (Wildman–Crippen MR) is 71.3 cm³/mol. The van der Waals surface area contributed by atoms with Gasteiger partial charge in [-0.3, -0.25) is 0 Å². The van der Waals surface area contributed by atoms with Crippen LogP contribution in [0, 0.1) is 17.5 Å². The van der Waals surface area contributed by atoms with E-state index in [1.165, 1.54) is 0 Å². The van der Waals surface area contributed by atoms with Crippen molar-refractivity contribution in [3.8, 4) is 0 Å². The minimum absolute atomic E-state index is 0.0585. The molecule has 1 aromatic rings.